The van der Waals surface area contributed by atoms with Crippen molar-refractivity contribution >= 4 is 16.8 Å². The highest BCUT2D eigenvalue weighted by molar-refractivity contribution is 5.98. The Kier molecular flexibility index (Phi) is 4.58. The fourth-order valence-electron chi connectivity index (χ4n) is 2.13. The lowest BCUT2D eigenvalue weighted by Crippen LogP contribution is -2.35. The molecule has 1 aromatic heterocycles. The maximum absolute atomic E-state index is 12.2. The fourth-order valence-corrected chi connectivity index (χ4v) is 2.13. The molecule has 0 spiro atoms. The normalized spacial score (nSPS) is 12.7. The molecule has 0 aliphatic rings. The van der Waals surface area contributed by atoms with Crippen molar-refractivity contribution in [2.45, 2.75) is 33.8 Å². The number of hydrogen-bond acceptors (Lipinski definition) is 3. The van der Waals surface area contributed by atoms with Crippen LogP contribution in [0.15, 0.2) is 24.3 Å². The van der Waals surface area contributed by atoms with Gasteiger partial charge in [0.05, 0.1) is 22.9 Å². The summed E-state index contributed by atoms with van der Waals surface area (Å²) >= 11 is 0. The molecule has 1 atom stereocenters. The molecule has 1 amide bonds. The van der Waals surface area contributed by atoms with Gasteiger partial charge in [0.25, 0.3) is 5.91 Å². The largest absolute Gasteiger partial charge is 0.391 e. The fraction of sp³-hybridized carbons (Fsp3) is 0.412. The van der Waals surface area contributed by atoms with E-state index in [1.165, 1.54) is 0 Å². The Hall–Kier alpha value is -1.94. The molecule has 1 unspecified atom stereocenters. The Bertz CT molecular complexity index is 665. The summed E-state index contributed by atoms with van der Waals surface area (Å²) in [5, 5.41) is 13.5. The molecule has 0 saturated heterocycles. The first-order valence-corrected chi connectivity index (χ1v) is 7.22. The highest BCUT2D eigenvalue weighted by atomic mass is 16.3. The molecule has 0 saturated carbocycles. The maximum atomic E-state index is 12.2. The molecule has 0 bridgehead atoms. The van der Waals surface area contributed by atoms with Crippen molar-refractivity contribution in [3.05, 3.63) is 41.1 Å². The van der Waals surface area contributed by atoms with Gasteiger partial charge in [-0.3, -0.25) is 9.78 Å². The van der Waals surface area contributed by atoms with Crippen molar-refractivity contribution in [2.24, 2.45) is 5.92 Å². The molecule has 0 aliphatic heterocycles. The Morgan fingerprint density at radius 3 is 2.67 bits per heavy atom. The predicted octanol–water partition coefficient (Wildman–Crippen LogP) is 2.60. The Morgan fingerprint density at radius 2 is 2.00 bits per heavy atom. The van der Waals surface area contributed by atoms with Gasteiger partial charge < -0.3 is 10.4 Å². The van der Waals surface area contributed by atoms with Crippen LogP contribution in [0.4, 0.5) is 0 Å². The van der Waals surface area contributed by atoms with Gasteiger partial charge in [0, 0.05) is 11.9 Å². The average molecular weight is 286 g/mol. The van der Waals surface area contributed by atoms with Gasteiger partial charge in [-0.25, -0.2) is 0 Å². The number of fused-ring (bicyclic) bond motifs is 1. The summed E-state index contributed by atoms with van der Waals surface area (Å²) in [5.74, 6) is -0.0775. The highest BCUT2D eigenvalue weighted by Crippen LogP contribution is 2.18. The predicted molar refractivity (Wildman–Crippen MR) is 84.4 cm³/mol. The minimum atomic E-state index is -0.537. The van der Waals surface area contributed by atoms with E-state index in [9.17, 15) is 9.90 Å². The number of nitrogens with one attached hydrogen (secondary N) is 1. The molecule has 2 rings (SSSR count). The van der Waals surface area contributed by atoms with Crippen molar-refractivity contribution in [1.82, 2.24) is 10.3 Å². The summed E-state index contributed by atoms with van der Waals surface area (Å²) in [7, 11) is 0. The number of aryl methyl sites for hydroxylation is 2. The summed E-state index contributed by atoms with van der Waals surface area (Å²) in [5.41, 5.74) is 3.30. The first kappa shape index (κ1) is 15.4. The zero-order chi connectivity index (χ0) is 15.6. The van der Waals surface area contributed by atoms with Crippen LogP contribution in [0.2, 0.25) is 0 Å². The van der Waals surface area contributed by atoms with E-state index in [2.05, 4.69) is 10.3 Å². The molecule has 1 aromatic carbocycles. The van der Waals surface area contributed by atoms with Crippen LogP contribution in [0.5, 0.6) is 0 Å². The van der Waals surface area contributed by atoms with Crippen molar-refractivity contribution in [1.29, 1.82) is 0 Å². The third-order valence-corrected chi connectivity index (χ3v) is 3.65. The molecule has 21 heavy (non-hydrogen) atoms. The molecule has 1 heterocycles. The summed E-state index contributed by atoms with van der Waals surface area (Å²) in [6, 6.07) is 7.83. The quantitative estimate of drug-likeness (QED) is 0.908. The number of pyridine rings is 1. The topological polar surface area (TPSA) is 62.2 Å². The van der Waals surface area contributed by atoms with Crippen LogP contribution in [0.25, 0.3) is 10.9 Å². The van der Waals surface area contributed by atoms with E-state index in [0.29, 0.717) is 11.3 Å². The van der Waals surface area contributed by atoms with Gasteiger partial charge in [-0.1, -0.05) is 26.0 Å². The van der Waals surface area contributed by atoms with Gasteiger partial charge >= 0.3 is 0 Å². The Morgan fingerprint density at radius 1 is 1.29 bits per heavy atom. The number of amides is 1. The molecule has 0 radical (unpaired) electrons. The number of nitrogens with zero attached hydrogens (tertiary/aromatic N) is 1. The minimum absolute atomic E-state index is 0.115. The number of benzene rings is 1. The van der Waals surface area contributed by atoms with Gasteiger partial charge in [-0.2, -0.15) is 0 Å². The van der Waals surface area contributed by atoms with Crippen LogP contribution in [-0.2, 0) is 0 Å². The molecule has 4 nitrogen and oxygen atoms in total. The number of carbonyl (C=O) groups excluding carboxylic acids is 1. The maximum Gasteiger partial charge on any atom is 0.253 e. The molecule has 0 aliphatic carbocycles. The van der Waals surface area contributed by atoms with Crippen molar-refractivity contribution in [2.75, 3.05) is 6.54 Å². The monoisotopic (exact) mass is 286 g/mol. The van der Waals surface area contributed by atoms with Crippen LogP contribution < -0.4 is 5.32 Å². The van der Waals surface area contributed by atoms with E-state index in [-0.39, 0.29) is 18.4 Å². The van der Waals surface area contributed by atoms with E-state index >= 15 is 0 Å². The van der Waals surface area contributed by atoms with Crippen molar-refractivity contribution in [3.63, 3.8) is 0 Å². The molecular weight excluding hydrogens is 264 g/mol. The zero-order valence-corrected chi connectivity index (χ0v) is 13.0. The molecule has 0 fully saturated rings. The summed E-state index contributed by atoms with van der Waals surface area (Å²) in [4.78, 5) is 16.7. The van der Waals surface area contributed by atoms with Gasteiger partial charge in [0.2, 0.25) is 0 Å². The summed E-state index contributed by atoms with van der Waals surface area (Å²) < 4.78 is 0. The van der Waals surface area contributed by atoms with Crippen LogP contribution in [0.1, 0.15) is 35.5 Å². The number of hydrogen-bond donors (Lipinski definition) is 2. The lowest BCUT2D eigenvalue weighted by molar-refractivity contribution is 0.0871. The van der Waals surface area contributed by atoms with Gasteiger partial charge in [-0.05, 0) is 37.5 Å². The number of aromatic nitrogens is 1. The first-order valence-electron chi connectivity index (χ1n) is 7.22. The van der Waals surface area contributed by atoms with E-state index in [1.807, 2.05) is 52.0 Å². The smallest absolute Gasteiger partial charge is 0.253 e. The van der Waals surface area contributed by atoms with Crippen LogP contribution >= 0.6 is 0 Å². The number of aliphatic hydroxyl groups excluding tert-OH is 1. The SMILES string of the molecule is Cc1ccc2cc(C(=O)NCC(O)C(C)C)c(C)nc2c1. The summed E-state index contributed by atoms with van der Waals surface area (Å²) in [6.45, 7) is 7.94. The first-order chi connectivity index (χ1) is 9.88. The third-order valence-electron chi connectivity index (χ3n) is 3.65. The van der Waals surface area contributed by atoms with Crippen LogP contribution in [-0.4, -0.2) is 28.6 Å². The van der Waals surface area contributed by atoms with Crippen molar-refractivity contribution in [3.8, 4) is 0 Å². The van der Waals surface area contributed by atoms with Crippen molar-refractivity contribution < 1.29 is 9.90 Å². The number of aliphatic hydroxyl groups is 1. The number of rotatable bonds is 4. The molecule has 4 heteroatoms. The average Bonchev–Trinajstić information content (AvgIpc) is 2.43. The standard InChI is InChI=1S/C17H22N2O2/c1-10(2)16(20)9-18-17(21)14-8-13-6-5-11(3)7-15(13)19-12(14)4/h5-8,10,16,20H,9H2,1-4H3,(H,18,21). The second kappa shape index (κ2) is 6.22. The second-order valence-corrected chi connectivity index (χ2v) is 5.84. The molecule has 112 valence electrons. The minimum Gasteiger partial charge on any atom is -0.391 e. The van der Waals surface area contributed by atoms with Gasteiger partial charge in [0.1, 0.15) is 0 Å². The number of carbonyl (C=O) groups is 1. The molecular formula is C17H22N2O2. The summed E-state index contributed by atoms with van der Waals surface area (Å²) in [6.07, 6.45) is -0.537. The van der Waals surface area contributed by atoms with Gasteiger partial charge in [0.15, 0.2) is 0 Å². The lowest BCUT2D eigenvalue weighted by Gasteiger charge is -2.15. The second-order valence-electron chi connectivity index (χ2n) is 5.84. The Labute approximate surface area is 125 Å². The van der Waals surface area contributed by atoms with E-state index in [1.54, 1.807) is 0 Å². The van der Waals surface area contributed by atoms with Gasteiger partial charge in [-0.15, -0.1) is 0 Å². The van der Waals surface area contributed by atoms with E-state index < -0.39 is 6.10 Å². The third kappa shape index (κ3) is 3.58. The zero-order valence-electron chi connectivity index (χ0n) is 13.0. The Balaban J connectivity index is 2.23. The highest BCUT2D eigenvalue weighted by Gasteiger charge is 2.14. The van der Waals surface area contributed by atoms with E-state index in [0.717, 1.165) is 16.5 Å². The van der Waals surface area contributed by atoms with E-state index in [4.69, 9.17) is 0 Å². The molecule has 2 N–H and O–H groups in total. The molecule has 2 aromatic rings. The van der Waals surface area contributed by atoms with Crippen LogP contribution in [0, 0.1) is 19.8 Å². The van der Waals surface area contributed by atoms with Crippen LogP contribution in [0.3, 0.4) is 0 Å². The lowest BCUT2D eigenvalue weighted by atomic mass is 10.1.